The van der Waals surface area contributed by atoms with Crippen molar-refractivity contribution in [2.24, 2.45) is 0 Å². The zero-order chi connectivity index (χ0) is 20.4. The number of alkyl halides is 3. The molecule has 2 aliphatic rings. The van der Waals surface area contributed by atoms with Crippen molar-refractivity contribution in [1.29, 1.82) is 0 Å². The van der Waals surface area contributed by atoms with Crippen LogP contribution in [0, 0.1) is 0 Å². The SMILES string of the molecule is COCCN1CC[C@@]2(CCC1=O)CN(c1cccc(C(F)(F)F)n1)CCN2C. The van der Waals surface area contributed by atoms with E-state index < -0.39 is 11.9 Å². The van der Waals surface area contributed by atoms with Crippen LogP contribution in [0.3, 0.4) is 0 Å². The van der Waals surface area contributed by atoms with E-state index in [1.807, 2.05) is 16.8 Å². The molecular formula is C19H27F3N4O2. The van der Waals surface area contributed by atoms with Gasteiger partial charge in [-0.1, -0.05) is 6.07 Å². The molecule has 1 atom stereocenters. The highest BCUT2D eigenvalue weighted by Gasteiger charge is 2.43. The molecule has 0 unspecified atom stereocenters. The maximum Gasteiger partial charge on any atom is 0.433 e. The van der Waals surface area contributed by atoms with E-state index in [0.29, 0.717) is 58.0 Å². The molecule has 3 heterocycles. The molecule has 2 fully saturated rings. The lowest BCUT2D eigenvalue weighted by Gasteiger charge is -2.49. The van der Waals surface area contributed by atoms with Gasteiger partial charge in [0.1, 0.15) is 11.5 Å². The number of hydrogen-bond acceptors (Lipinski definition) is 5. The first kappa shape index (κ1) is 20.9. The van der Waals surface area contributed by atoms with Crippen LogP contribution in [0.2, 0.25) is 0 Å². The summed E-state index contributed by atoms with van der Waals surface area (Å²) in [5.41, 5.74) is -1.13. The molecule has 2 saturated heterocycles. The van der Waals surface area contributed by atoms with Crippen LogP contribution in [0.1, 0.15) is 25.0 Å². The first-order valence-electron chi connectivity index (χ1n) is 9.52. The number of hydrogen-bond donors (Lipinski definition) is 0. The maximum atomic E-state index is 13.0. The smallest absolute Gasteiger partial charge is 0.383 e. The highest BCUT2D eigenvalue weighted by molar-refractivity contribution is 5.76. The number of carbonyl (C=O) groups excluding carboxylic acids is 1. The number of rotatable bonds is 4. The van der Waals surface area contributed by atoms with E-state index >= 15 is 0 Å². The standard InChI is InChI=1S/C19H27F3N4O2/c1-24-10-11-26(16-5-3-4-15(23-16)19(20,21)22)14-18(24)7-6-17(27)25(9-8-18)12-13-28-2/h3-5H,6-14H2,1-2H3/t18-/m0/s1. The molecule has 0 bridgehead atoms. The summed E-state index contributed by atoms with van der Waals surface area (Å²) in [6.07, 6.45) is -2.58. The minimum absolute atomic E-state index is 0.108. The molecule has 156 valence electrons. The molecule has 1 aromatic rings. The zero-order valence-electron chi connectivity index (χ0n) is 16.3. The summed E-state index contributed by atoms with van der Waals surface area (Å²) < 4.78 is 44.2. The molecule has 9 heteroatoms. The number of carbonyl (C=O) groups is 1. The fourth-order valence-corrected chi connectivity index (χ4v) is 4.08. The van der Waals surface area contributed by atoms with E-state index in [4.69, 9.17) is 4.74 Å². The summed E-state index contributed by atoms with van der Waals surface area (Å²) >= 11 is 0. The number of methoxy groups -OCH3 is 1. The zero-order valence-corrected chi connectivity index (χ0v) is 16.3. The van der Waals surface area contributed by atoms with Gasteiger partial charge < -0.3 is 14.5 Å². The van der Waals surface area contributed by atoms with Gasteiger partial charge in [0.2, 0.25) is 5.91 Å². The van der Waals surface area contributed by atoms with E-state index in [9.17, 15) is 18.0 Å². The molecule has 1 spiro atoms. The fraction of sp³-hybridized carbons (Fsp3) is 0.684. The Balaban J connectivity index is 1.78. The molecule has 2 aliphatic heterocycles. The van der Waals surface area contributed by atoms with Gasteiger partial charge in [-0.05, 0) is 32.0 Å². The van der Waals surface area contributed by atoms with Crippen molar-refractivity contribution in [1.82, 2.24) is 14.8 Å². The average molecular weight is 400 g/mol. The topological polar surface area (TPSA) is 48.9 Å². The molecule has 28 heavy (non-hydrogen) atoms. The lowest BCUT2D eigenvalue weighted by atomic mass is 9.86. The lowest BCUT2D eigenvalue weighted by molar-refractivity contribution is -0.141. The van der Waals surface area contributed by atoms with Crippen LogP contribution in [0.4, 0.5) is 19.0 Å². The minimum Gasteiger partial charge on any atom is -0.383 e. The van der Waals surface area contributed by atoms with Crippen LogP contribution in [-0.2, 0) is 15.7 Å². The number of ether oxygens (including phenoxy) is 1. The van der Waals surface area contributed by atoms with E-state index in [1.165, 1.54) is 6.07 Å². The molecule has 0 N–H and O–H groups in total. The summed E-state index contributed by atoms with van der Waals surface area (Å²) in [6.45, 7) is 3.56. The van der Waals surface area contributed by atoms with Crippen molar-refractivity contribution in [3.63, 3.8) is 0 Å². The number of anilines is 1. The molecule has 3 rings (SSSR count). The number of halogens is 3. The summed E-state index contributed by atoms with van der Waals surface area (Å²) in [5, 5.41) is 0. The van der Waals surface area contributed by atoms with E-state index in [-0.39, 0.29) is 11.4 Å². The number of piperazine rings is 1. The third-order valence-corrected chi connectivity index (χ3v) is 5.92. The highest BCUT2D eigenvalue weighted by atomic mass is 19.4. The van der Waals surface area contributed by atoms with Gasteiger partial charge in [0.05, 0.1) is 6.61 Å². The Morgan fingerprint density at radius 1 is 1.21 bits per heavy atom. The maximum absolute atomic E-state index is 13.0. The third kappa shape index (κ3) is 4.41. The Bertz CT molecular complexity index is 700. The predicted octanol–water partition coefficient (Wildman–Crippen LogP) is 2.25. The van der Waals surface area contributed by atoms with Crippen molar-refractivity contribution in [2.75, 3.05) is 58.4 Å². The lowest BCUT2D eigenvalue weighted by Crippen LogP contribution is -2.61. The largest absolute Gasteiger partial charge is 0.433 e. The van der Waals surface area contributed by atoms with Crippen molar-refractivity contribution < 1.29 is 22.7 Å². The van der Waals surface area contributed by atoms with Gasteiger partial charge in [0.25, 0.3) is 0 Å². The molecule has 0 aliphatic carbocycles. The van der Waals surface area contributed by atoms with Crippen molar-refractivity contribution in [3.05, 3.63) is 23.9 Å². The van der Waals surface area contributed by atoms with Gasteiger partial charge in [-0.2, -0.15) is 13.2 Å². The van der Waals surface area contributed by atoms with Gasteiger partial charge in [0.15, 0.2) is 0 Å². The normalized spacial score (nSPS) is 24.7. The summed E-state index contributed by atoms with van der Waals surface area (Å²) in [4.78, 5) is 22.3. The fourth-order valence-electron chi connectivity index (χ4n) is 4.08. The molecule has 6 nitrogen and oxygen atoms in total. The molecule has 0 saturated carbocycles. The summed E-state index contributed by atoms with van der Waals surface area (Å²) in [5.74, 6) is 0.450. The number of pyridine rings is 1. The van der Waals surface area contributed by atoms with E-state index in [2.05, 4.69) is 9.88 Å². The van der Waals surface area contributed by atoms with Crippen LogP contribution in [0.5, 0.6) is 0 Å². The molecule has 1 aromatic heterocycles. The van der Waals surface area contributed by atoms with E-state index in [1.54, 1.807) is 13.2 Å². The van der Waals surface area contributed by atoms with E-state index in [0.717, 1.165) is 12.5 Å². The second-order valence-corrected chi connectivity index (χ2v) is 7.57. The number of nitrogens with zero attached hydrogens (tertiary/aromatic N) is 4. The first-order chi connectivity index (χ1) is 13.2. The van der Waals surface area contributed by atoms with Gasteiger partial charge >= 0.3 is 6.18 Å². The summed E-state index contributed by atoms with van der Waals surface area (Å²) in [7, 11) is 3.64. The van der Waals surface area contributed by atoms with Crippen molar-refractivity contribution in [2.45, 2.75) is 31.0 Å². The monoisotopic (exact) mass is 400 g/mol. The molecular weight excluding hydrogens is 373 g/mol. The molecule has 0 radical (unpaired) electrons. The number of aromatic nitrogens is 1. The van der Waals surface area contributed by atoms with Crippen molar-refractivity contribution >= 4 is 11.7 Å². The first-order valence-corrected chi connectivity index (χ1v) is 9.52. The van der Waals surface area contributed by atoms with Gasteiger partial charge in [-0.25, -0.2) is 4.98 Å². The molecule has 0 aromatic carbocycles. The Kier molecular flexibility index (Phi) is 6.14. The quantitative estimate of drug-likeness (QED) is 0.776. The summed E-state index contributed by atoms with van der Waals surface area (Å²) in [6, 6.07) is 4.02. The van der Waals surface area contributed by atoms with Gasteiger partial charge in [-0.15, -0.1) is 0 Å². The van der Waals surface area contributed by atoms with Crippen LogP contribution in [0.15, 0.2) is 18.2 Å². The average Bonchev–Trinajstić information content (AvgIpc) is 2.82. The van der Waals surface area contributed by atoms with Crippen LogP contribution in [-0.4, -0.2) is 79.7 Å². The second-order valence-electron chi connectivity index (χ2n) is 7.57. The second kappa shape index (κ2) is 8.24. The highest BCUT2D eigenvalue weighted by Crippen LogP contribution is 2.34. The van der Waals surface area contributed by atoms with Gasteiger partial charge in [0, 0.05) is 51.8 Å². The van der Waals surface area contributed by atoms with Crippen LogP contribution < -0.4 is 4.90 Å². The number of likely N-dealkylation sites (tertiary alicyclic amines) is 1. The van der Waals surface area contributed by atoms with Crippen LogP contribution >= 0.6 is 0 Å². The predicted molar refractivity (Wildman–Crippen MR) is 99.1 cm³/mol. The van der Waals surface area contributed by atoms with Crippen molar-refractivity contribution in [3.8, 4) is 0 Å². The number of likely N-dealkylation sites (N-methyl/N-ethyl adjacent to an activating group) is 1. The van der Waals surface area contributed by atoms with Gasteiger partial charge in [-0.3, -0.25) is 9.69 Å². The molecule has 1 amide bonds. The third-order valence-electron chi connectivity index (χ3n) is 5.92. The Morgan fingerprint density at radius 2 is 2.00 bits per heavy atom. The Labute approximate surface area is 163 Å². The number of amides is 1. The minimum atomic E-state index is -4.46. The Morgan fingerprint density at radius 3 is 2.71 bits per heavy atom. The Hall–Kier alpha value is -1.87. The van der Waals surface area contributed by atoms with Crippen LogP contribution in [0.25, 0.3) is 0 Å².